The van der Waals surface area contributed by atoms with Crippen molar-refractivity contribution < 1.29 is 19.5 Å². The number of carbonyl (C=O) groups is 3. The van der Waals surface area contributed by atoms with E-state index in [2.05, 4.69) is 5.32 Å². The van der Waals surface area contributed by atoms with Gasteiger partial charge in [0.05, 0.1) is 5.92 Å². The molecule has 6 heteroatoms. The average molecular weight is 374 g/mol. The number of nitrogens with one attached hydrogen (secondary N) is 1. The Morgan fingerprint density at radius 2 is 1.89 bits per heavy atom. The van der Waals surface area contributed by atoms with E-state index >= 15 is 0 Å². The van der Waals surface area contributed by atoms with Crippen molar-refractivity contribution >= 4 is 17.8 Å². The second-order valence-electron chi connectivity index (χ2n) is 8.46. The highest BCUT2D eigenvalue weighted by Gasteiger charge is 2.31. The van der Waals surface area contributed by atoms with Crippen molar-refractivity contribution in [3.05, 3.63) is 35.9 Å². The smallest absolute Gasteiger partial charge is 0.326 e. The van der Waals surface area contributed by atoms with Crippen LogP contribution in [0, 0.1) is 11.3 Å². The van der Waals surface area contributed by atoms with Gasteiger partial charge in [0.25, 0.3) is 5.91 Å². The third kappa shape index (κ3) is 6.38. The quantitative estimate of drug-likeness (QED) is 0.801. The maximum Gasteiger partial charge on any atom is 0.326 e. The summed E-state index contributed by atoms with van der Waals surface area (Å²) in [6.07, 6.45) is 2.49. The van der Waals surface area contributed by atoms with Gasteiger partial charge in [-0.25, -0.2) is 4.79 Å². The van der Waals surface area contributed by atoms with Crippen LogP contribution in [0.15, 0.2) is 30.3 Å². The molecule has 2 atom stereocenters. The molecule has 6 nitrogen and oxygen atoms in total. The first kappa shape index (κ1) is 20.9. The number of rotatable bonds is 6. The topological polar surface area (TPSA) is 86.7 Å². The summed E-state index contributed by atoms with van der Waals surface area (Å²) in [6, 6.07) is 8.12. The molecule has 1 aromatic carbocycles. The van der Waals surface area contributed by atoms with Crippen molar-refractivity contribution in [2.24, 2.45) is 11.3 Å². The van der Waals surface area contributed by atoms with Crippen LogP contribution in [0.4, 0.5) is 0 Å². The van der Waals surface area contributed by atoms with Crippen LogP contribution in [-0.4, -0.2) is 46.9 Å². The maximum atomic E-state index is 12.6. The van der Waals surface area contributed by atoms with E-state index in [4.69, 9.17) is 0 Å². The molecule has 1 aromatic rings. The molecule has 0 radical (unpaired) electrons. The maximum absolute atomic E-state index is 12.6. The summed E-state index contributed by atoms with van der Waals surface area (Å²) in [6.45, 7) is 7.07. The Balaban J connectivity index is 1.96. The van der Waals surface area contributed by atoms with Crippen LogP contribution in [-0.2, 0) is 9.59 Å². The van der Waals surface area contributed by atoms with Crippen LogP contribution in [0.25, 0.3) is 0 Å². The number of nitrogens with zero attached hydrogens (tertiary/aromatic N) is 1. The molecule has 1 aliphatic heterocycles. The zero-order valence-corrected chi connectivity index (χ0v) is 16.4. The molecule has 27 heavy (non-hydrogen) atoms. The van der Waals surface area contributed by atoms with Crippen LogP contribution < -0.4 is 5.32 Å². The first-order chi connectivity index (χ1) is 12.7. The summed E-state index contributed by atoms with van der Waals surface area (Å²) in [5.41, 5.74) is 0.606. The molecule has 1 saturated heterocycles. The van der Waals surface area contributed by atoms with Gasteiger partial charge in [-0.2, -0.15) is 0 Å². The number of carboxylic acids is 1. The molecular weight excluding hydrogens is 344 g/mol. The van der Waals surface area contributed by atoms with Crippen molar-refractivity contribution in [3.8, 4) is 0 Å². The minimum atomic E-state index is -1.01. The minimum Gasteiger partial charge on any atom is -0.480 e. The van der Waals surface area contributed by atoms with Gasteiger partial charge in [0, 0.05) is 18.7 Å². The summed E-state index contributed by atoms with van der Waals surface area (Å²) in [7, 11) is 0. The molecule has 0 bridgehead atoms. The zero-order valence-electron chi connectivity index (χ0n) is 16.4. The lowest BCUT2D eigenvalue weighted by Gasteiger charge is -2.33. The van der Waals surface area contributed by atoms with E-state index in [0.717, 1.165) is 6.42 Å². The third-order valence-electron chi connectivity index (χ3n) is 4.90. The highest BCUT2D eigenvalue weighted by Crippen LogP contribution is 2.23. The van der Waals surface area contributed by atoms with E-state index in [1.165, 1.54) is 0 Å². The molecule has 0 aromatic heterocycles. The van der Waals surface area contributed by atoms with Crippen LogP contribution in [0.1, 0.15) is 56.8 Å². The van der Waals surface area contributed by atoms with Gasteiger partial charge in [0.15, 0.2) is 0 Å². The molecule has 0 spiro atoms. The van der Waals surface area contributed by atoms with E-state index in [1.54, 1.807) is 17.0 Å². The molecule has 1 fully saturated rings. The molecule has 2 unspecified atom stereocenters. The van der Waals surface area contributed by atoms with E-state index in [0.29, 0.717) is 37.9 Å². The Labute approximate surface area is 160 Å². The third-order valence-corrected chi connectivity index (χ3v) is 4.90. The standard InChI is InChI=1S/C21H30N2O4/c1-21(2,3)12-11-17(20(26)27)22-18(24)16-10-7-13-23(14-16)19(25)15-8-5-4-6-9-15/h4-6,8-9,16-17H,7,10-14H2,1-3H3,(H,22,24)(H,26,27). The first-order valence-electron chi connectivity index (χ1n) is 9.55. The van der Waals surface area contributed by atoms with Gasteiger partial charge in [-0.1, -0.05) is 39.0 Å². The van der Waals surface area contributed by atoms with Gasteiger partial charge in [-0.05, 0) is 43.2 Å². The monoisotopic (exact) mass is 374 g/mol. The molecule has 148 valence electrons. The second-order valence-corrected chi connectivity index (χ2v) is 8.46. The van der Waals surface area contributed by atoms with Gasteiger partial charge < -0.3 is 15.3 Å². The fourth-order valence-corrected chi connectivity index (χ4v) is 3.26. The average Bonchev–Trinajstić information content (AvgIpc) is 2.64. The van der Waals surface area contributed by atoms with Gasteiger partial charge in [-0.15, -0.1) is 0 Å². The van der Waals surface area contributed by atoms with Gasteiger partial charge in [0.1, 0.15) is 6.04 Å². The van der Waals surface area contributed by atoms with Gasteiger partial charge >= 0.3 is 5.97 Å². The van der Waals surface area contributed by atoms with Crippen LogP contribution >= 0.6 is 0 Å². The summed E-state index contributed by atoms with van der Waals surface area (Å²) in [5.74, 6) is -1.75. The summed E-state index contributed by atoms with van der Waals surface area (Å²) < 4.78 is 0. The lowest BCUT2D eigenvalue weighted by molar-refractivity contribution is -0.143. The molecular formula is C21H30N2O4. The van der Waals surface area contributed by atoms with Crippen molar-refractivity contribution in [2.45, 2.75) is 52.5 Å². The molecule has 2 N–H and O–H groups in total. The van der Waals surface area contributed by atoms with Gasteiger partial charge in [-0.3, -0.25) is 9.59 Å². The fraction of sp³-hybridized carbons (Fsp3) is 0.571. The minimum absolute atomic E-state index is 0.00215. The molecule has 0 aliphatic carbocycles. The Kier molecular flexibility index (Phi) is 6.99. The van der Waals surface area contributed by atoms with Crippen molar-refractivity contribution in [1.29, 1.82) is 0 Å². The van der Waals surface area contributed by atoms with Crippen molar-refractivity contribution in [2.75, 3.05) is 13.1 Å². The van der Waals surface area contributed by atoms with E-state index in [-0.39, 0.29) is 23.1 Å². The number of piperidine rings is 1. The Hall–Kier alpha value is -2.37. The fourth-order valence-electron chi connectivity index (χ4n) is 3.26. The highest BCUT2D eigenvalue weighted by atomic mass is 16.4. The summed E-state index contributed by atoms with van der Waals surface area (Å²) in [4.78, 5) is 38.4. The van der Waals surface area contributed by atoms with Crippen LogP contribution in [0.2, 0.25) is 0 Å². The number of likely N-dealkylation sites (tertiary alicyclic amines) is 1. The van der Waals surface area contributed by atoms with Crippen molar-refractivity contribution in [1.82, 2.24) is 10.2 Å². The predicted octanol–water partition coefficient (Wildman–Crippen LogP) is 2.93. The number of carbonyl (C=O) groups excluding carboxylic acids is 2. The second kappa shape index (κ2) is 9.02. The zero-order chi connectivity index (χ0) is 20.0. The molecule has 0 saturated carbocycles. The number of carboxylic acid groups (broad SMARTS) is 1. The van der Waals surface area contributed by atoms with Crippen molar-refractivity contribution in [3.63, 3.8) is 0 Å². The Morgan fingerprint density at radius 3 is 2.48 bits per heavy atom. The van der Waals surface area contributed by atoms with Crippen LogP contribution in [0.3, 0.4) is 0 Å². The number of amides is 2. The summed E-state index contributed by atoms with van der Waals surface area (Å²) in [5, 5.41) is 12.1. The largest absolute Gasteiger partial charge is 0.480 e. The molecule has 2 amide bonds. The number of aliphatic carboxylic acids is 1. The lowest BCUT2D eigenvalue weighted by atomic mass is 9.88. The lowest BCUT2D eigenvalue weighted by Crippen LogP contribution is -2.49. The number of benzene rings is 1. The van der Waals surface area contributed by atoms with E-state index in [1.807, 2.05) is 39.0 Å². The molecule has 1 heterocycles. The van der Waals surface area contributed by atoms with E-state index < -0.39 is 12.0 Å². The van der Waals surface area contributed by atoms with Crippen LogP contribution in [0.5, 0.6) is 0 Å². The Morgan fingerprint density at radius 1 is 1.22 bits per heavy atom. The SMILES string of the molecule is CC(C)(C)CCC(NC(=O)C1CCCN(C(=O)c2ccccc2)C1)C(=O)O. The first-order valence-corrected chi connectivity index (χ1v) is 9.55. The number of hydrogen-bond donors (Lipinski definition) is 2. The normalized spacial score (nSPS) is 18.6. The Bertz CT molecular complexity index is 667. The van der Waals surface area contributed by atoms with Gasteiger partial charge in [0.2, 0.25) is 5.91 Å². The highest BCUT2D eigenvalue weighted by molar-refractivity contribution is 5.94. The summed E-state index contributed by atoms with van der Waals surface area (Å²) >= 11 is 0. The molecule has 1 aliphatic rings. The molecule has 2 rings (SSSR count). The van der Waals surface area contributed by atoms with E-state index in [9.17, 15) is 19.5 Å². The predicted molar refractivity (Wildman–Crippen MR) is 103 cm³/mol. The number of hydrogen-bond acceptors (Lipinski definition) is 3.